The van der Waals surface area contributed by atoms with Gasteiger partial charge < -0.3 is 20.1 Å². The fourth-order valence-corrected chi connectivity index (χ4v) is 2.68. The van der Waals surface area contributed by atoms with Crippen molar-refractivity contribution in [1.29, 1.82) is 0 Å². The Morgan fingerprint density at radius 2 is 2.08 bits per heavy atom. The Hall–Kier alpha value is -3.02. The topological polar surface area (TPSA) is 76.7 Å². The van der Waals surface area contributed by atoms with Crippen LogP contribution in [0.4, 0.5) is 5.69 Å². The number of ether oxygens (including phenoxy) is 2. The minimum absolute atomic E-state index is 0.0473. The zero-order valence-electron chi connectivity index (χ0n) is 14.2. The van der Waals surface area contributed by atoms with E-state index in [0.717, 1.165) is 11.1 Å². The monoisotopic (exact) mass is 340 g/mol. The number of hydrogen-bond donors (Lipinski definition) is 2. The van der Waals surface area contributed by atoms with Gasteiger partial charge in [-0.05, 0) is 30.7 Å². The third-order valence-electron chi connectivity index (χ3n) is 3.99. The van der Waals surface area contributed by atoms with E-state index in [0.29, 0.717) is 23.7 Å². The van der Waals surface area contributed by atoms with Crippen molar-refractivity contribution in [3.8, 4) is 11.5 Å². The molecule has 25 heavy (non-hydrogen) atoms. The summed E-state index contributed by atoms with van der Waals surface area (Å²) in [6.45, 7) is 2.26. The summed E-state index contributed by atoms with van der Waals surface area (Å²) in [6, 6.07) is 13.0. The molecule has 1 heterocycles. The molecule has 0 spiro atoms. The van der Waals surface area contributed by atoms with E-state index in [-0.39, 0.29) is 18.2 Å². The number of carbonyl (C=O) groups excluding carboxylic acids is 2. The van der Waals surface area contributed by atoms with E-state index in [1.54, 1.807) is 13.2 Å². The number of methoxy groups -OCH3 is 1. The second kappa shape index (κ2) is 7.25. The molecule has 1 aliphatic rings. The molecular formula is C19H20N2O4. The fraction of sp³-hybridized carbons (Fsp3) is 0.263. The van der Waals surface area contributed by atoms with Gasteiger partial charge in [0.15, 0.2) is 6.10 Å². The maximum atomic E-state index is 12.2. The van der Waals surface area contributed by atoms with Gasteiger partial charge in [0.05, 0.1) is 19.2 Å². The van der Waals surface area contributed by atoms with E-state index in [1.807, 2.05) is 43.3 Å². The Kier molecular flexibility index (Phi) is 4.88. The van der Waals surface area contributed by atoms with Crippen LogP contribution in [0, 0.1) is 6.92 Å². The van der Waals surface area contributed by atoms with Gasteiger partial charge in [-0.25, -0.2) is 0 Å². The number of nitrogens with one attached hydrogen (secondary N) is 2. The van der Waals surface area contributed by atoms with Crippen LogP contribution in [-0.4, -0.2) is 25.0 Å². The summed E-state index contributed by atoms with van der Waals surface area (Å²) < 4.78 is 10.9. The van der Waals surface area contributed by atoms with Crippen molar-refractivity contribution >= 4 is 17.5 Å². The smallest absolute Gasteiger partial charge is 0.266 e. The van der Waals surface area contributed by atoms with Crippen molar-refractivity contribution in [2.24, 2.45) is 0 Å². The van der Waals surface area contributed by atoms with Crippen molar-refractivity contribution in [3.05, 3.63) is 53.6 Å². The van der Waals surface area contributed by atoms with E-state index >= 15 is 0 Å². The molecule has 3 rings (SSSR count). The lowest BCUT2D eigenvalue weighted by Gasteiger charge is -2.25. The molecule has 0 aliphatic carbocycles. The number of amides is 2. The summed E-state index contributed by atoms with van der Waals surface area (Å²) in [5.41, 5.74) is 2.53. The predicted molar refractivity (Wildman–Crippen MR) is 93.7 cm³/mol. The van der Waals surface area contributed by atoms with Crippen LogP contribution in [0.3, 0.4) is 0 Å². The van der Waals surface area contributed by atoms with Gasteiger partial charge in [-0.15, -0.1) is 0 Å². The lowest BCUT2D eigenvalue weighted by Crippen LogP contribution is -2.40. The summed E-state index contributed by atoms with van der Waals surface area (Å²) >= 11 is 0. The molecule has 0 bridgehead atoms. The van der Waals surface area contributed by atoms with Gasteiger partial charge in [0.2, 0.25) is 5.91 Å². The molecular weight excluding hydrogens is 320 g/mol. The molecule has 0 radical (unpaired) electrons. The molecule has 1 unspecified atom stereocenters. The molecule has 130 valence electrons. The van der Waals surface area contributed by atoms with E-state index in [2.05, 4.69) is 10.6 Å². The van der Waals surface area contributed by atoms with Crippen molar-refractivity contribution in [2.45, 2.75) is 26.0 Å². The molecule has 1 aliphatic heterocycles. The summed E-state index contributed by atoms with van der Waals surface area (Å²) in [7, 11) is 1.58. The molecule has 0 aromatic heterocycles. The Morgan fingerprint density at radius 3 is 2.88 bits per heavy atom. The van der Waals surface area contributed by atoms with E-state index in [9.17, 15) is 9.59 Å². The Balaban J connectivity index is 1.59. The first-order chi connectivity index (χ1) is 12.1. The lowest BCUT2D eigenvalue weighted by atomic mass is 10.1. The zero-order chi connectivity index (χ0) is 17.8. The summed E-state index contributed by atoms with van der Waals surface area (Å²) in [5.74, 6) is 0.707. The average molecular weight is 340 g/mol. The van der Waals surface area contributed by atoms with Crippen molar-refractivity contribution in [1.82, 2.24) is 5.32 Å². The first kappa shape index (κ1) is 16.8. The Bertz CT molecular complexity index is 804. The number of hydrogen-bond acceptors (Lipinski definition) is 4. The normalized spacial score (nSPS) is 15.6. The summed E-state index contributed by atoms with van der Waals surface area (Å²) in [6.07, 6.45) is -0.887. The highest BCUT2D eigenvalue weighted by Crippen LogP contribution is 2.31. The van der Waals surface area contributed by atoms with Crippen molar-refractivity contribution in [3.63, 3.8) is 0 Å². The molecule has 0 fully saturated rings. The number of rotatable bonds is 5. The average Bonchev–Trinajstić information content (AvgIpc) is 2.61. The van der Waals surface area contributed by atoms with Crippen molar-refractivity contribution < 1.29 is 19.1 Å². The van der Waals surface area contributed by atoms with Gasteiger partial charge in [0.25, 0.3) is 5.91 Å². The maximum absolute atomic E-state index is 12.2. The third kappa shape index (κ3) is 3.91. The van der Waals surface area contributed by atoms with Crippen LogP contribution < -0.4 is 20.1 Å². The van der Waals surface area contributed by atoms with E-state index < -0.39 is 6.10 Å². The predicted octanol–water partition coefficient (Wildman–Crippen LogP) is 2.41. The summed E-state index contributed by atoms with van der Waals surface area (Å²) in [4.78, 5) is 24.3. The molecule has 0 saturated heterocycles. The number of carbonyl (C=O) groups is 2. The third-order valence-corrected chi connectivity index (χ3v) is 3.99. The highest BCUT2D eigenvalue weighted by atomic mass is 16.5. The minimum Gasteiger partial charge on any atom is -0.496 e. The van der Waals surface area contributed by atoms with Gasteiger partial charge in [0, 0.05) is 12.1 Å². The Labute approximate surface area is 146 Å². The van der Waals surface area contributed by atoms with Crippen LogP contribution in [0.25, 0.3) is 0 Å². The number of aryl methyl sites for hydroxylation is 1. The first-order valence-electron chi connectivity index (χ1n) is 8.03. The number of para-hydroxylation sites is 1. The van der Waals surface area contributed by atoms with Gasteiger partial charge in [0.1, 0.15) is 11.5 Å². The second-order valence-corrected chi connectivity index (χ2v) is 5.89. The first-order valence-corrected chi connectivity index (χ1v) is 8.03. The van der Waals surface area contributed by atoms with E-state index in [1.165, 1.54) is 0 Å². The number of fused-ring (bicyclic) bond motifs is 1. The molecule has 2 aromatic carbocycles. The van der Waals surface area contributed by atoms with Crippen LogP contribution in [0.1, 0.15) is 17.5 Å². The SMILES string of the molecule is COc1ccccc1CNC(=O)CC1Oc2ccc(C)cc2NC1=O. The van der Waals surface area contributed by atoms with Crippen LogP contribution in [0.2, 0.25) is 0 Å². The Morgan fingerprint density at radius 1 is 1.28 bits per heavy atom. The molecule has 0 saturated carbocycles. The quantitative estimate of drug-likeness (QED) is 0.876. The highest BCUT2D eigenvalue weighted by Gasteiger charge is 2.29. The van der Waals surface area contributed by atoms with Crippen LogP contribution in [0.5, 0.6) is 11.5 Å². The number of benzene rings is 2. The van der Waals surface area contributed by atoms with Crippen LogP contribution in [0.15, 0.2) is 42.5 Å². The molecule has 2 N–H and O–H groups in total. The molecule has 6 heteroatoms. The van der Waals surface area contributed by atoms with Gasteiger partial charge in [-0.1, -0.05) is 24.3 Å². The highest BCUT2D eigenvalue weighted by molar-refractivity contribution is 6.00. The summed E-state index contributed by atoms with van der Waals surface area (Å²) in [5, 5.41) is 5.58. The van der Waals surface area contributed by atoms with Gasteiger partial charge in [-0.2, -0.15) is 0 Å². The maximum Gasteiger partial charge on any atom is 0.266 e. The number of anilines is 1. The second-order valence-electron chi connectivity index (χ2n) is 5.89. The molecule has 1 atom stereocenters. The van der Waals surface area contributed by atoms with Crippen molar-refractivity contribution in [2.75, 3.05) is 12.4 Å². The standard InChI is InChI=1S/C19H20N2O4/c1-12-7-8-16-14(9-12)21-19(23)17(25-16)10-18(22)20-11-13-5-3-4-6-15(13)24-2/h3-9,17H,10-11H2,1-2H3,(H,20,22)(H,21,23). The minimum atomic E-state index is -0.840. The molecule has 2 aromatic rings. The lowest BCUT2D eigenvalue weighted by molar-refractivity contribution is -0.130. The van der Waals surface area contributed by atoms with Crippen LogP contribution >= 0.6 is 0 Å². The van der Waals surface area contributed by atoms with Gasteiger partial charge >= 0.3 is 0 Å². The zero-order valence-corrected chi connectivity index (χ0v) is 14.2. The largest absolute Gasteiger partial charge is 0.496 e. The van der Waals surface area contributed by atoms with Crippen LogP contribution in [-0.2, 0) is 16.1 Å². The molecule has 6 nitrogen and oxygen atoms in total. The fourth-order valence-electron chi connectivity index (χ4n) is 2.68. The van der Waals surface area contributed by atoms with Gasteiger partial charge in [-0.3, -0.25) is 9.59 Å². The molecule has 2 amide bonds. The van der Waals surface area contributed by atoms with E-state index in [4.69, 9.17) is 9.47 Å².